The average molecular weight is 343 g/mol. The molecule has 1 rings (SSSR count). The SMILES string of the molecule is CCCCCCCC1CC1CCCCCCC(=O)OC[C@@H](O)CO. The predicted molar refractivity (Wildman–Crippen MR) is 96.7 cm³/mol. The Labute approximate surface area is 148 Å². The molecule has 0 bridgehead atoms. The largest absolute Gasteiger partial charge is 0.463 e. The number of esters is 1. The van der Waals surface area contributed by atoms with Crippen LogP contribution in [0.3, 0.4) is 0 Å². The first-order chi connectivity index (χ1) is 11.7. The number of aliphatic hydroxyl groups excluding tert-OH is 2. The molecule has 0 aromatic carbocycles. The third-order valence-corrected chi connectivity index (χ3v) is 5.10. The summed E-state index contributed by atoms with van der Waals surface area (Å²) in [6.07, 6.45) is 15.1. The molecule has 0 aliphatic heterocycles. The maximum atomic E-state index is 11.4. The highest BCUT2D eigenvalue weighted by Gasteiger charge is 2.34. The number of carbonyl (C=O) groups excluding carboxylic acids is 1. The zero-order valence-electron chi connectivity index (χ0n) is 15.5. The van der Waals surface area contributed by atoms with Gasteiger partial charge < -0.3 is 14.9 Å². The van der Waals surface area contributed by atoms with Crippen molar-refractivity contribution in [2.75, 3.05) is 13.2 Å². The maximum Gasteiger partial charge on any atom is 0.305 e. The number of hydrogen-bond acceptors (Lipinski definition) is 4. The van der Waals surface area contributed by atoms with Crippen molar-refractivity contribution in [2.24, 2.45) is 11.8 Å². The van der Waals surface area contributed by atoms with Gasteiger partial charge in [0.2, 0.25) is 0 Å². The van der Waals surface area contributed by atoms with E-state index in [1.54, 1.807) is 0 Å². The van der Waals surface area contributed by atoms with Crippen molar-refractivity contribution in [2.45, 2.75) is 96.5 Å². The van der Waals surface area contributed by atoms with Gasteiger partial charge in [0.1, 0.15) is 12.7 Å². The lowest BCUT2D eigenvalue weighted by atomic mass is 10.0. The molecule has 3 atom stereocenters. The second-order valence-corrected chi connectivity index (χ2v) is 7.43. The molecule has 0 radical (unpaired) electrons. The van der Waals surface area contributed by atoms with Crippen molar-refractivity contribution in [3.8, 4) is 0 Å². The molecule has 0 aromatic rings. The van der Waals surface area contributed by atoms with Gasteiger partial charge >= 0.3 is 5.97 Å². The fourth-order valence-electron chi connectivity index (χ4n) is 3.37. The summed E-state index contributed by atoms with van der Waals surface area (Å²) in [5, 5.41) is 17.7. The monoisotopic (exact) mass is 342 g/mol. The van der Waals surface area contributed by atoms with Gasteiger partial charge in [0, 0.05) is 6.42 Å². The highest BCUT2D eigenvalue weighted by atomic mass is 16.5. The lowest BCUT2D eigenvalue weighted by Crippen LogP contribution is -2.21. The van der Waals surface area contributed by atoms with Crippen molar-refractivity contribution in [1.82, 2.24) is 0 Å². The van der Waals surface area contributed by atoms with Crippen LogP contribution >= 0.6 is 0 Å². The van der Waals surface area contributed by atoms with E-state index >= 15 is 0 Å². The van der Waals surface area contributed by atoms with Crippen LogP contribution in [-0.2, 0) is 9.53 Å². The van der Waals surface area contributed by atoms with Crippen molar-refractivity contribution in [3.63, 3.8) is 0 Å². The zero-order chi connectivity index (χ0) is 17.6. The van der Waals surface area contributed by atoms with Crippen LogP contribution in [0.5, 0.6) is 0 Å². The molecule has 1 saturated carbocycles. The first-order valence-corrected chi connectivity index (χ1v) is 10.1. The molecule has 0 amide bonds. The minimum absolute atomic E-state index is 0.100. The summed E-state index contributed by atoms with van der Waals surface area (Å²) in [5.41, 5.74) is 0. The summed E-state index contributed by atoms with van der Waals surface area (Å²) in [6.45, 7) is 1.80. The molecule has 0 heterocycles. The van der Waals surface area contributed by atoms with E-state index in [0.29, 0.717) is 6.42 Å². The van der Waals surface area contributed by atoms with E-state index in [1.807, 2.05) is 0 Å². The molecule has 0 spiro atoms. The molecule has 1 aliphatic rings. The maximum absolute atomic E-state index is 11.4. The number of ether oxygens (including phenoxy) is 1. The second-order valence-electron chi connectivity index (χ2n) is 7.43. The Morgan fingerprint density at radius 1 is 1.00 bits per heavy atom. The molecule has 2 N–H and O–H groups in total. The first kappa shape index (κ1) is 21.4. The summed E-state index contributed by atoms with van der Waals surface area (Å²) in [4.78, 5) is 11.4. The van der Waals surface area contributed by atoms with Crippen molar-refractivity contribution >= 4 is 5.97 Å². The van der Waals surface area contributed by atoms with E-state index in [0.717, 1.165) is 24.7 Å². The van der Waals surface area contributed by atoms with Gasteiger partial charge in [0.25, 0.3) is 0 Å². The van der Waals surface area contributed by atoms with E-state index in [1.165, 1.54) is 64.2 Å². The highest BCUT2D eigenvalue weighted by molar-refractivity contribution is 5.69. The smallest absolute Gasteiger partial charge is 0.305 e. The van der Waals surface area contributed by atoms with Gasteiger partial charge in [-0.2, -0.15) is 0 Å². The summed E-state index contributed by atoms with van der Waals surface area (Å²) >= 11 is 0. The average Bonchev–Trinajstić information content (AvgIpc) is 3.33. The molecule has 4 nitrogen and oxygen atoms in total. The molecule has 24 heavy (non-hydrogen) atoms. The minimum Gasteiger partial charge on any atom is -0.463 e. The molecule has 142 valence electrons. The summed E-state index contributed by atoms with van der Waals surface area (Å²) in [5.74, 6) is 1.73. The Morgan fingerprint density at radius 3 is 2.17 bits per heavy atom. The predicted octanol–water partition coefficient (Wildman–Crippen LogP) is 4.22. The van der Waals surface area contributed by atoms with Gasteiger partial charge in [0.05, 0.1) is 6.61 Å². The fraction of sp³-hybridized carbons (Fsp3) is 0.950. The van der Waals surface area contributed by atoms with Gasteiger partial charge in [-0.05, 0) is 24.7 Å². The van der Waals surface area contributed by atoms with E-state index in [-0.39, 0.29) is 19.2 Å². The Kier molecular flexibility index (Phi) is 12.2. The first-order valence-electron chi connectivity index (χ1n) is 10.1. The van der Waals surface area contributed by atoms with E-state index in [4.69, 9.17) is 14.9 Å². The standard InChI is InChI=1S/C20H38O4/c1-2-3-4-5-8-11-17-14-18(17)12-9-6-7-10-13-20(23)24-16-19(22)15-21/h17-19,21-22H,2-16H2,1H3/t17?,18?,19-/m0/s1. The van der Waals surface area contributed by atoms with Gasteiger partial charge in [-0.1, -0.05) is 71.1 Å². The van der Waals surface area contributed by atoms with Gasteiger partial charge in [0.15, 0.2) is 0 Å². The third-order valence-electron chi connectivity index (χ3n) is 5.10. The second kappa shape index (κ2) is 13.7. The topological polar surface area (TPSA) is 66.8 Å². The zero-order valence-corrected chi connectivity index (χ0v) is 15.5. The fourth-order valence-corrected chi connectivity index (χ4v) is 3.37. The van der Waals surface area contributed by atoms with Crippen molar-refractivity contribution < 1.29 is 19.7 Å². The van der Waals surface area contributed by atoms with Crippen LogP contribution in [0.1, 0.15) is 90.4 Å². The minimum atomic E-state index is -0.952. The Hall–Kier alpha value is -0.610. The van der Waals surface area contributed by atoms with Crippen LogP contribution in [0, 0.1) is 11.8 Å². The van der Waals surface area contributed by atoms with E-state index < -0.39 is 6.10 Å². The normalized spacial score (nSPS) is 20.8. The Morgan fingerprint density at radius 2 is 1.58 bits per heavy atom. The van der Waals surface area contributed by atoms with Gasteiger partial charge in [-0.25, -0.2) is 0 Å². The van der Waals surface area contributed by atoms with Crippen LogP contribution in [0.2, 0.25) is 0 Å². The van der Waals surface area contributed by atoms with E-state index in [2.05, 4.69) is 6.92 Å². The molecule has 2 unspecified atom stereocenters. The molecule has 4 heteroatoms. The quantitative estimate of drug-likeness (QED) is 0.325. The molecule has 1 fully saturated rings. The van der Waals surface area contributed by atoms with Crippen molar-refractivity contribution in [1.29, 1.82) is 0 Å². The molecule has 0 saturated heterocycles. The summed E-state index contributed by atoms with van der Waals surface area (Å²) in [7, 11) is 0. The summed E-state index contributed by atoms with van der Waals surface area (Å²) < 4.78 is 4.88. The number of hydrogen-bond donors (Lipinski definition) is 2. The van der Waals surface area contributed by atoms with Gasteiger partial charge in [-0.15, -0.1) is 0 Å². The molecular formula is C20H38O4. The Balaban J connectivity index is 1.82. The molecule has 0 aromatic heterocycles. The number of carbonyl (C=O) groups is 1. The highest BCUT2D eigenvalue weighted by Crippen LogP contribution is 2.45. The number of aliphatic hydroxyl groups is 2. The number of unbranched alkanes of at least 4 members (excludes halogenated alkanes) is 7. The lowest BCUT2D eigenvalue weighted by molar-refractivity contribution is -0.147. The van der Waals surface area contributed by atoms with Crippen LogP contribution < -0.4 is 0 Å². The van der Waals surface area contributed by atoms with Crippen molar-refractivity contribution in [3.05, 3.63) is 0 Å². The van der Waals surface area contributed by atoms with E-state index in [9.17, 15) is 4.79 Å². The number of rotatable bonds is 16. The third kappa shape index (κ3) is 11.0. The molecular weight excluding hydrogens is 304 g/mol. The molecule has 1 aliphatic carbocycles. The van der Waals surface area contributed by atoms with Gasteiger partial charge in [-0.3, -0.25) is 4.79 Å². The van der Waals surface area contributed by atoms with Crippen LogP contribution in [0.4, 0.5) is 0 Å². The lowest BCUT2D eigenvalue weighted by Gasteiger charge is -2.08. The summed E-state index contributed by atoms with van der Waals surface area (Å²) in [6, 6.07) is 0. The Bertz CT molecular complexity index is 319. The van der Waals surface area contributed by atoms with Crippen LogP contribution in [0.15, 0.2) is 0 Å². The van der Waals surface area contributed by atoms with Crippen LogP contribution in [-0.4, -0.2) is 35.5 Å². The van der Waals surface area contributed by atoms with Crippen LogP contribution in [0.25, 0.3) is 0 Å².